The molecule has 0 N–H and O–H groups in total. The Bertz CT molecular complexity index is 1060. The molecule has 0 aromatic heterocycles. The van der Waals surface area contributed by atoms with Gasteiger partial charge in [0.05, 0.1) is 26.2 Å². The van der Waals surface area contributed by atoms with Gasteiger partial charge in [-0.1, -0.05) is 24.3 Å². The minimum atomic E-state index is -0.911. The van der Waals surface area contributed by atoms with Gasteiger partial charge in [0.1, 0.15) is 18.0 Å². The van der Waals surface area contributed by atoms with Crippen LogP contribution in [0, 0.1) is 10.1 Å². The minimum Gasteiger partial charge on any atom is -0.497 e. The Morgan fingerprint density at radius 1 is 1.09 bits per heavy atom. The predicted octanol–water partition coefficient (Wildman–Crippen LogP) is 1.78. The summed E-state index contributed by atoms with van der Waals surface area (Å²) in [5.41, 5.74) is 0.745. The quantitative estimate of drug-likeness (QED) is 0.325. The van der Waals surface area contributed by atoms with Gasteiger partial charge in [0, 0.05) is 0 Å². The van der Waals surface area contributed by atoms with Gasteiger partial charge in [0.15, 0.2) is 18.8 Å². The van der Waals surface area contributed by atoms with Crippen LogP contribution < -0.4 is 4.74 Å². The highest BCUT2D eigenvalue weighted by molar-refractivity contribution is 5.87. The third-order valence-electron chi connectivity index (χ3n) is 5.72. The summed E-state index contributed by atoms with van der Waals surface area (Å²) in [6.45, 7) is 1.08. The molecule has 33 heavy (non-hydrogen) atoms. The first-order chi connectivity index (χ1) is 15.9. The largest absolute Gasteiger partial charge is 0.497 e. The normalized spacial score (nSPS) is 24.7. The molecule has 2 aliphatic heterocycles. The molecule has 11 heteroatoms. The number of carbonyl (C=O) groups excluding carboxylic acids is 2. The summed E-state index contributed by atoms with van der Waals surface area (Å²) in [6, 6.07) is 11.2. The third-order valence-corrected chi connectivity index (χ3v) is 5.72. The molecule has 2 heterocycles. The first-order valence-electron chi connectivity index (χ1n) is 10.3. The smallest absolute Gasteiger partial charge is 0.344 e. The second-order valence-electron chi connectivity index (χ2n) is 7.79. The summed E-state index contributed by atoms with van der Waals surface area (Å²) in [5.74, 6) is -1.19. The number of rotatable bonds is 8. The molecule has 5 atom stereocenters. The lowest BCUT2D eigenvalue weighted by Crippen LogP contribution is -2.36. The van der Waals surface area contributed by atoms with Crippen molar-refractivity contribution in [1.82, 2.24) is 0 Å². The molecule has 0 spiro atoms. The van der Waals surface area contributed by atoms with Crippen LogP contribution in [0.1, 0.15) is 18.4 Å². The van der Waals surface area contributed by atoms with Crippen LogP contribution in [0.4, 0.5) is 0 Å². The van der Waals surface area contributed by atoms with Gasteiger partial charge in [0.25, 0.3) is 5.09 Å². The molecule has 0 unspecified atom stereocenters. The van der Waals surface area contributed by atoms with Crippen molar-refractivity contribution in [1.29, 1.82) is 0 Å². The second kappa shape index (κ2) is 9.59. The fraction of sp³-hybridized carbons (Fsp3) is 0.455. The molecule has 0 aliphatic carbocycles. The van der Waals surface area contributed by atoms with Crippen LogP contribution in [0.3, 0.4) is 0 Å². The molecule has 2 saturated heterocycles. The maximum absolute atomic E-state index is 12.5. The van der Waals surface area contributed by atoms with Crippen LogP contribution in [0.15, 0.2) is 36.4 Å². The highest BCUT2D eigenvalue weighted by atomic mass is 17.0. The van der Waals surface area contributed by atoms with Gasteiger partial charge in [-0.2, -0.15) is 0 Å². The van der Waals surface area contributed by atoms with Crippen molar-refractivity contribution in [3.63, 3.8) is 0 Å². The molecule has 0 radical (unpaired) electrons. The summed E-state index contributed by atoms with van der Waals surface area (Å²) in [4.78, 5) is 39.7. The van der Waals surface area contributed by atoms with Crippen molar-refractivity contribution in [2.24, 2.45) is 0 Å². The van der Waals surface area contributed by atoms with Crippen LogP contribution in [-0.2, 0) is 33.4 Å². The molecule has 0 saturated carbocycles. The molecule has 2 fully saturated rings. The van der Waals surface area contributed by atoms with E-state index in [-0.39, 0.29) is 13.2 Å². The van der Waals surface area contributed by atoms with Crippen molar-refractivity contribution in [2.45, 2.75) is 37.3 Å². The van der Waals surface area contributed by atoms with Crippen molar-refractivity contribution >= 4 is 22.7 Å². The highest BCUT2D eigenvalue weighted by Crippen LogP contribution is 2.31. The number of carbonyl (C=O) groups is 2. The zero-order chi connectivity index (χ0) is 23.5. The molecule has 4 rings (SSSR count). The Hall–Kier alpha value is -3.44. The highest BCUT2D eigenvalue weighted by Gasteiger charge is 2.51. The fourth-order valence-corrected chi connectivity index (χ4v) is 3.96. The second-order valence-corrected chi connectivity index (χ2v) is 7.79. The van der Waals surface area contributed by atoms with Crippen LogP contribution in [0.25, 0.3) is 10.8 Å². The van der Waals surface area contributed by atoms with Crippen molar-refractivity contribution in [3.05, 3.63) is 52.1 Å². The van der Waals surface area contributed by atoms with Crippen molar-refractivity contribution in [3.8, 4) is 5.75 Å². The summed E-state index contributed by atoms with van der Waals surface area (Å²) in [7, 11) is 1.60. The number of fused-ring (bicyclic) bond motifs is 2. The van der Waals surface area contributed by atoms with Gasteiger partial charge >= 0.3 is 11.9 Å². The number of hydrogen-bond acceptors (Lipinski definition) is 10. The summed E-state index contributed by atoms with van der Waals surface area (Å²) in [5, 5.41) is 11.5. The van der Waals surface area contributed by atoms with E-state index in [1.54, 1.807) is 14.0 Å². The van der Waals surface area contributed by atoms with E-state index in [1.807, 2.05) is 36.4 Å². The topological polar surface area (TPSA) is 133 Å². The molecule has 0 bridgehead atoms. The number of benzene rings is 2. The SMILES string of the molecule is COc1ccc2cc([C@H](C)C(=O)OCC(=O)O[C@@H]3CO[C@H]4[C@@H]3OC[C@H]4O[N+](=O)[O-])ccc2c1. The average Bonchev–Trinajstić information content (AvgIpc) is 3.39. The van der Waals surface area contributed by atoms with Crippen LogP contribution in [-0.4, -0.2) is 68.4 Å². The lowest BCUT2D eigenvalue weighted by atomic mass is 9.98. The lowest BCUT2D eigenvalue weighted by Gasteiger charge is -2.17. The van der Waals surface area contributed by atoms with E-state index in [2.05, 4.69) is 4.84 Å². The van der Waals surface area contributed by atoms with E-state index < -0.39 is 54.0 Å². The van der Waals surface area contributed by atoms with E-state index in [1.165, 1.54) is 0 Å². The zero-order valence-corrected chi connectivity index (χ0v) is 18.0. The van der Waals surface area contributed by atoms with Gasteiger partial charge < -0.3 is 28.5 Å². The maximum Gasteiger partial charge on any atom is 0.344 e. The Balaban J connectivity index is 1.28. The predicted molar refractivity (Wildman–Crippen MR) is 111 cm³/mol. The molecule has 2 aromatic rings. The maximum atomic E-state index is 12.5. The van der Waals surface area contributed by atoms with Crippen molar-refractivity contribution in [2.75, 3.05) is 26.9 Å². The van der Waals surface area contributed by atoms with Gasteiger partial charge in [-0.3, -0.25) is 4.79 Å². The van der Waals surface area contributed by atoms with Crippen LogP contribution >= 0.6 is 0 Å². The number of methoxy groups -OCH3 is 1. The van der Waals surface area contributed by atoms with E-state index in [9.17, 15) is 19.7 Å². The summed E-state index contributed by atoms with van der Waals surface area (Å²) < 4.78 is 26.5. The average molecular weight is 461 g/mol. The Labute approximate surface area is 188 Å². The fourth-order valence-electron chi connectivity index (χ4n) is 3.96. The minimum absolute atomic E-state index is 0.00483. The van der Waals surface area contributed by atoms with Gasteiger partial charge in [0.2, 0.25) is 0 Å². The van der Waals surface area contributed by atoms with E-state index >= 15 is 0 Å². The monoisotopic (exact) mass is 461 g/mol. The van der Waals surface area contributed by atoms with Gasteiger partial charge in [-0.25, -0.2) is 4.79 Å². The Kier molecular flexibility index (Phi) is 6.61. The van der Waals surface area contributed by atoms with Gasteiger partial charge in [-0.05, 0) is 35.4 Å². The molecule has 2 aromatic carbocycles. The third kappa shape index (κ3) is 4.99. The van der Waals surface area contributed by atoms with E-state index in [0.717, 1.165) is 22.1 Å². The zero-order valence-electron chi connectivity index (χ0n) is 18.0. The number of hydrogen-bond donors (Lipinski definition) is 0. The van der Waals surface area contributed by atoms with Crippen LogP contribution in [0.2, 0.25) is 0 Å². The molecular formula is C22H23NO10. The molecule has 176 valence electrons. The number of ether oxygens (including phenoxy) is 5. The first kappa shape index (κ1) is 22.7. The van der Waals surface area contributed by atoms with Crippen LogP contribution in [0.5, 0.6) is 5.75 Å². The molecular weight excluding hydrogens is 438 g/mol. The molecule has 0 amide bonds. The van der Waals surface area contributed by atoms with Gasteiger partial charge in [-0.15, -0.1) is 10.1 Å². The number of nitrogens with zero attached hydrogens (tertiary/aromatic N) is 1. The molecule has 2 aliphatic rings. The molecule has 11 nitrogen and oxygen atoms in total. The Morgan fingerprint density at radius 2 is 1.76 bits per heavy atom. The lowest BCUT2D eigenvalue weighted by molar-refractivity contribution is -0.769. The van der Waals surface area contributed by atoms with Crippen molar-refractivity contribution < 1.29 is 43.2 Å². The Morgan fingerprint density at radius 3 is 2.48 bits per heavy atom. The summed E-state index contributed by atoms with van der Waals surface area (Å²) in [6.07, 6.45) is -3.03. The van der Waals surface area contributed by atoms with E-state index in [4.69, 9.17) is 23.7 Å². The summed E-state index contributed by atoms with van der Waals surface area (Å²) >= 11 is 0. The number of esters is 2. The first-order valence-corrected chi connectivity index (χ1v) is 10.3. The van der Waals surface area contributed by atoms with E-state index in [0.29, 0.717) is 0 Å². The standard InChI is InChI=1S/C22H23NO10/c1-12(13-3-4-15-8-16(28-2)6-5-14(15)7-13)22(25)31-11-19(24)32-17-9-29-21-18(33-23(26)27)10-30-20(17)21/h3-8,12,17-18,20-21H,9-11H2,1-2H3/t12-,17+,18+,20+,21+/m0/s1.